The van der Waals surface area contributed by atoms with Gasteiger partial charge < -0.3 is 9.66 Å². The minimum Gasteiger partial charge on any atom is -0.587 e. The number of rotatable bonds is 3. The van der Waals surface area contributed by atoms with E-state index < -0.39 is 10.8 Å². The molecule has 0 fully saturated rings. The van der Waals surface area contributed by atoms with Gasteiger partial charge in [0.15, 0.2) is 10.5 Å². The molecule has 0 amide bonds. The number of ketones is 1. The fourth-order valence-electron chi connectivity index (χ4n) is 2.08. The van der Waals surface area contributed by atoms with Gasteiger partial charge >= 0.3 is 5.06 Å². The van der Waals surface area contributed by atoms with Crippen LogP contribution in [0.4, 0.5) is 0 Å². The molecule has 0 spiro atoms. The molecule has 3 aromatic rings. The Hall–Kier alpha value is -1.69. The zero-order valence-electron chi connectivity index (χ0n) is 9.83. The largest absolute Gasteiger partial charge is 0.587 e. The maximum atomic E-state index is 12.3. The van der Waals surface area contributed by atoms with Gasteiger partial charge in [0, 0.05) is 11.3 Å². The highest BCUT2D eigenvalue weighted by molar-refractivity contribution is 7.33. The molecule has 19 heavy (non-hydrogen) atoms. The van der Waals surface area contributed by atoms with Crippen LogP contribution in [0.25, 0.3) is 10.1 Å². The van der Waals surface area contributed by atoms with Crippen molar-refractivity contribution in [3.63, 3.8) is 0 Å². The van der Waals surface area contributed by atoms with Crippen LogP contribution in [0.5, 0.6) is 5.06 Å². The monoisotopic (exact) mass is 290 g/mol. The first kappa shape index (κ1) is 12.3. The Morgan fingerprint density at radius 1 is 1.26 bits per heavy atom. The van der Waals surface area contributed by atoms with Gasteiger partial charge in [0.25, 0.3) is 0 Å². The molecule has 1 aromatic carbocycles. The molecule has 1 atom stereocenters. The van der Waals surface area contributed by atoms with Crippen LogP contribution in [-0.2, 0) is 6.42 Å². The van der Waals surface area contributed by atoms with Crippen molar-refractivity contribution in [2.24, 2.45) is 0 Å². The third kappa shape index (κ3) is 2.06. The maximum Gasteiger partial charge on any atom is 0.338 e. The molecular weight excluding hydrogens is 280 g/mol. The van der Waals surface area contributed by atoms with Crippen LogP contribution in [0.2, 0.25) is 0 Å². The van der Waals surface area contributed by atoms with E-state index in [4.69, 9.17) is 0 Å². The van der Waals surface area contributed by atoms with Crippen LogP contribution in [-0.4, -0.2) is 15.4 Å². The van der Waals surface area contributed by atoms with Gasteiger partial charge in [-0.15, -0.1) is 11.3 Å². The highest BCUT2D eigenvalue weighted by Gasteiger charge is 2.26. The van der Waals surface area contributed by atoms with Gasteiger partial charge in [-0.05, 0) is 34.3 Å². The predicted octanol–water partition coefficient (Wildman–Crippen LogP) is 3.76. The van der Waals surface area contributed by atoms with Crippen molar-refractivity contribution in [2.75, 3.05) is 0 Å². The molecule has 0 aliphatic heterocycles. The quantitative estimate of drug-likeness (QED) is 0.590. The third-order valence-electron chi connectivity index (χ3n) is 2.94. The minimum absolute atomic E-state index is 0.196. The summed E-state index contributed by atoms with van der Waals surface area (Å²) in [5.41, 5.74) is 0.197. The topological polar surface area (TPSA) is 60.4 Å². The summed E-state index contributed by atoms with van der Waals surface area (Å²) in [6.45, 7) is 0. The lowest BCUT2D eigenvalue weighted by Crippen LogP contribution is -2.01. The van der Waals surface area contributed by atoms with E-state index in [1.807, 2.05) is 17.5 Å². The number of carbonyl (C=O) groups excluding carboxylic acids is 1. The second-order valence-corrected chi connectivity index (χ2v) is 6.52. The van der Waals surface area contributed by atoms with E-state index in [0.29, 0.717) is 10.1 Å². The molecule has 0 bridgehead atoms. The average molecular weight is 290 g/mol. The zero-order chi connectivity index (χ0) is 13.4. The van der Waals surface area contributed by atoms with Gasteiger partial charge in [-0.1, -0.05) is 18.2 Å². The Balaban J connectivity index is 2.09. The molecule has 3 rings (SSSR count). The van der Waals surface area contributed by atoms with Crippen LogP contribution < -0.4 is 0 Å². The fourth-order valence-corrected chi connectivity index (χ4v) is 3.97. The van der Waals surface area contributed by atoms with Gasteiger partial charge in [-0.2, -0.15) is 0 Å². The van der Waals surface area contributed by atoms with Gasteiger partial charge in [-0.3, -0.25) is 4.79 Å². The molecule has 1 N–H and O–H groups in total. The molecule has 96 valence electrons. The summed E-state index contributed by atoms with van der Waals surface area (Å²) >= 11 is 1.49. The molecule has 3 nitrogen and oxygen atoms in total. The summed E-state index contributed by atoms with van der Waals surface area (Å²) in [4.78, 5) is 13.2. The van der Waals surface area contributed by atoms with Gasteiger partial charge in [0.05, 0.1) is 5.39 Å². The fraction of sp³-hybridized carbons (Fsp3) is 0.0714. The van der Waals surface area contributed by atoms with Crippen molar-refractivity contribution in [3.05, 3.63) is 52.2 Å². The van der Waals surface area contributed by atoms with Gasteiger partial charge in [0.2, 0.25) is 0 Å². The normalized spacial score (nSPS) is 11.9. The first-order valence-electron chi connectivity index (χ1n) is 5.68. The number of aromatic hydroxyl groups is 1. The Kier molecular flexibility index (Phi) is 3.10. The van der Waals surface area contributed by atoms with Crippen molar-refractivity contribution in [1.82, 2.24) is 0 Å². The number of carbonyl (C=O) groups is 1. The second-order valence-electron chi connectivity index (χ2n) is 4.12. The van der Waals surface area contributed by atoms with Crippen LogP contribution in [0.3, 0.4) is 0 Å². The number of thiophene rings is 2. The number of hydrogen-bond donors (Lipinski definition) is 1. The minimum atomic E-state index is -1.62. The summed E-state index contributed by atoms with van der Waals surface area (Å²) in [6.07, 6.45) is 0.225. The van der Waals surface area contributed by atoms with Crippen LogP contribution >= 0.6 is 22.1 Å². The smallest absolute Gasteiger partial charge is 0.338 e. The summed E-state index contributed by atoms with van der Waals surface area (Å²) in [5.74, 6) is -0.196. The SMILES string of the molecule is O=C(Cc1cccs1)c1c(O)[s+]([O-])c2ccccc12. The lowest BCUT2D eigenvalue weighted by molar-refractivity contribution is 0.0993. The van der Waals surface area contributed by atoms with Crippen molar-refractivity contribution >= 4 is 38.0 Å². The molecule has 5 heteroatoms. The molecule has 2 heterocycles. The van der Waals surface area contributed by atoms with Crippen LogP contribution in [0.1, 0.15) is 15.2 Å². The van der Waals surface area contributed by atoms with E-state index in [1.165, 1.54) is 11.3 Å². The molecule has 0 saturated heterocycles. The Morgan fingerprint density at radius 3 is 2.79 bits per heavy atom. The van der Waals surface area contributed by atoms with Crippen molar-refractivity contribution in [3.8, 4) is 5.06 Å². The van der Waals surface area contributed by atoms with E-state index in [9.17, 15) is 14.5 Å². The third-order valence-corrected chi connectivity index (χ3v) is 5.13. The molecule has 2 aromatic heterocycles. The van der Waals surface area contributed by atoms with Gasteiger partial charge in [0.1, 0.15) is 5.56 Å². The lowest BCUT2D eigenvalue weighted by Gasteiger charge is -1.96. The predicted molar refractivity (Wildman–Crippen MR) is 76.6 cm³/mol. The molecule has 0 aliphatic carbocycles. The van der Waals surface area contributed by atoms with Gasteiger partial charge in [-0.25, -0.2) is 0 Å². The zero-order valence-corrected chi connectivity index (χ0v) is 11.5. The summed E-state index contributed by atoms with van der Waals surface area (Å²) in [7, 11) is -1.62. The Bertz CT molecular complexity index is 741. The standard InChI is InChI=1S/C14H10O3S2/c15-11(8-9-4-3-7-18-9)13-10-5-1-2-6-12(10)19(17)14(13)16/h1-7,16H,8H2. The number of Topliss-reactive ketones (excluding diaryl/α,β-unsaturated/α-hetero) is 1. The summed E-state index contributed by atoms with van der Waals surface area (Å²) in [6, 6.07) is 10.7. The van der Waals surface area contributed by atoms with Crippen LogP contribution in [0, 0.1) is 0 Å². The van der Waals surface area contributed by atoms with Crippen LogP contribution in [0.15, 0.2) is 41.8 Å². The summed E-state index contributed by atoms with van der Waals surface area (Å²) in [5, 5.41) is 12.1. The molecule has 0 saturated carbocycles. The number of hydrogen-bond acceptors (Lipinski definition) is 4. The number of benzene rings is 1. The highest BCUT2D eigenvalue weighted by atomic mass is 32.2. The van der Waals surface area contributed by atoms with E-state index in [-0.39, 0.29) is 22.8 Å². The highest BCUT2D eigenvalue weighted by Crippen LogP contribution is 2.43. The first-order valence-corrected chi connectivity index (χ1v) is 7.71. The van der Waals surface area contributed by atoms with E-state index >= 15 is 0 Å². The number of fused-ring (bicyclic) bond motifs is 1. The first-order chi connectivity index (χ1) is 9.18. The van der Waals surface area contributed by atoms with Crippen molar-refractivity contribution in [1.29, 1.82) is 0 Å². The van der Waals surface area contributed by atoms with Crippen molar-refractivity contribution < 1.29 is 14.5 Å². The van der Waals surface area contributed by atoms with Crippen molar-refractivity contribution in [2.45, 2.75) is 6.42 Å². The van der Waals surface area contributed by atoms with E-state index in [0.717, 1.165) is 4.88 Å². The maximum absolute atomic E-state index is 12.3. The lowest BCUT2D eigenvalue weighted by atomic mass is 10.1. The Labute approximate surface area is 116 Å². The molecular formula is C14H10O3S2. The Morgan fingerprint density at radius 2 is 2.05 bits per heavy atom. The second kappa shape index (κ2) is 4.77. The summed E-state index contributed by atoms with van der Waals surface area (Å²) < 4.78 is 12.5. The van der Waals surface area contributed by atoms with E-state index in [1.54, 1.807) is 24.3 Å². The average Bonchev–Trinajstić information content (AvgIpc) is 2.99. The molecule has 1 unspecified atom stereocenters. The molecule has 0 radical (unpaired) electrons. The molecule has 0 aliphatic rings. The van der Waals surface area contributed by atoms with E-state index in [2.05, 4.69) is 0 Å².